The van der Waals surface area contributed by atoms with Crippen LogP contribution in [0.25, 0.3) is 0 Å². The van der Waals surface area contributed by atoms with E-state index in [1.54, 1.807) is 23.1 Å². The van der Waals surface area contributed by atoms with Crippen LogP contribution < -0.4 is 20.4 Å². The lowest BCUT2D eigenvalue weighted by Gasteiger charge is -2.29. The summed E-state index contributed by atoms with van der Waals surface area (Å²) in [7, 11) is -1.81. The van der Waals surface area contributed by atoms with Crippen molar-refractivity contribution >= 4 is 36.4 Å². The van der Waals surface area contributed by atoms with E-state index in [4.69, 9.17) is 4.74 Å². The zero-order chi connectivity index (χ0) is 19.4. The number of rotatable bonds is 5. The van der Waals surface area contributed by atoms with Gasteiger partial charge in [-0.15, -0.1) is 0 Å². The van der Waals surface area contributed by atoms with Gasteiger partial charge < -0.3 is 25.0 Å². The summed E-state index contributed by atoms with van der Waals surface area (Å²) in [6, 6.07) is 11.0. The molecule has 9 heteroatoms. The van der Waals surface area contributed by atoms with Gasteiger partial charge >= 0.3 is 7.12 Å². The number of hydrogen-bond acceptors (Lipinski definition) is 6. The summed E-state index contributed by atoms with van der Waals surface area (Å²) >= 11 is 0. The fourth-order valence-electron chi connectivity index (χ4n) is 2.84. The predicted molar refractivity (Wildman–Crippen MR) is 98.3 cm³/mol. The van der Waals surface area contributed by atoms with Gasteiger partial charge in [0.25, 0.3) is 5.91 Å². The van der Waals surface area contributed by atoms with Crippen molar-refractivity contribution in [3.8, 4) is 5.75 Å². The van der Waals surface area contributed by atoms with E-state index in [0.717, 1.165) is 0 Å². The van der Waals surface area contributed by atoms with E-state index in [1.807, 2.05) is 6.07 Å². The van der Waals surface area contributed by atoms with Crippen LogP contribution in [0, 0.1) is 0 Å². The summed E-state index contributed by atoms with van der Waals surface area (Å²) in [4.78, 5) is 37.4. The summed E-state index contributed by atoms with van der Waals surface area (Å²) in [6.45, 7) is 0.516. The monoisotopic (exact) mass is 368 g/mol. The summed E-state index contributed by atoms with van der Waals surface area (Å²) in [5.74, 6) is -0.235. The molecule has 3 N–H and O–H groups in total. The molecule has 0 atom stereocenters. The molecule has 0 radical (unpaired) electrons. The molecule has 0 fully saturated rings. The lowest BCUT2D eigenvalue weighted by molar-refractivity contribution is -0.117. The molecule has 0 spiro atoms. The standard InChI is InChI=1S/C18H17BN2O6/c22-11-13-9-12(5-6-14(13)19(25)26)18(24)20-10-17(23)21-7-8-27-16-4-2-1-3-15(16)21/h1-6,9,11,25-26H,7-8,10H2,(H,20,24). The number of ether oxygens (including phenoxy) is 1. The molecule has 1 heterocycles. The van der Waals surface area contributed by atoms with Crippen molar-refractivity contribution in [2.75, 3.05) is 24.6 Å². The number of hydrogen-bond donors (Lipinski definition) is 3. The van der Waals surface area contributed by atoms with Gasteiger partial charge in [0.05, 0.1) is 18.8 Å². The van der Waals surface area contributed by atoms with Crippen molar-refractivity contribution in [1.29, 1.82) is 0 Å². The Kier molecular flexibility index (Phi) is 5.53. The Labute approximate surface area is 155 Å². The van der Waals surface area contributed by atoms with Crippen LogP contribution >= 0.6 is 0 Å². The largest absolute Gasteiger partial charge is 0.490 e. The van der Waals surface area contributed by atoms with Crippen LogP contribution in [0.15, 0.2) is 42.5 Å². The van der Waals surface area contributed by atoms with Crippen molar-refractivity contribution < 1.29 is 29.2 Å². The molecular weight excluding hydrogens is 351 g/mol. The molecule has 0 bridgehead atoms. The molecule has 0 saturated heterocycles. The van der Waals surface area contributed by atoms with Gasteiger partial charge in [-0.3, -0.25) is 14.4 Å². The smallest absolute Gasteiger partial charge is 0.489 e. The normalized spacial score (nSPS) is 12.6. The molecule has 27 heavy (non-hydrogen) atoms. The number of nitrogens with one attached hydrogen (secondary N) is 1. The second kappa shape index (κ2) is 8.02. The fourth-order valence-corrected chi connectivity index (χ4v) is 2.84. The Morgan fingerprint density at radius 2 is 2.00 bits per heavy atom. The van der Waals surface area contributed by atoms with Gasteiger partial charge in [-0.1, -0.05) is 18.2 Å². The first kappa shape index (κ1) is 18.6. The molecular formula is C18H17BN2O6. The first-order valence-electron chi connectivity index (χ1n) is 8.27. The zero-order valence-electron chi connectivity index (χ0n) is 14.3. The van der Waals surface area contributed by atoms with Gasteiger partial charge in [0.1, 0.15) is 18.6 Å². The minimum absolute atomic E-state index is 0.00236. The highest BCUT2D eigenvalue weighted by Gasteiger charge is 2.24. The lowest BCUT2D eigenvalue weighted by Crippen LogP contribution is -2.44. The van der Waals surface area contributed by atoms with E-state index in [2.05, 4.69) is 5.32 Å². The maximum Gasteiger partial charge on any atom is 0.489 e. The molecule has 0 unspecified atom stereocenters. The van der Waals surface area contributed by atoms with Crippen molar-refractivity contribution in [3.05, 3.63) is 53.6 Å². The number of benzene rings is 2. The molecule has 1 aliphatic heterocycles. The minimum Gasteiger partial charge on any atom is -0.490 e. The Balaban J connectivity index is 1.68. The van der Waals surface area contributed by atoms with Crippen LogP contribution in [0.5, 0.6) is 5.75 Å². The topological polar surface area (TPSA) is 116 Å². The van der Waals surface area contributed by atoms with Crippen LogP contribution in [0.2, 0.25) is 0 Å². The van der Waals surface area contributed by atoms with Gasteiger partial charge in [0, 0.05) is 11.1 Å². The van der Waals surface area contributed by atoms with Crippen LogP contribution in [0.1, 0.15) is 20.7 Å². The van der Waals surface area contributed by atoms with Crippen molar-refractivity contribution in [2.45, 2.75) is 0 Å². The third-order valence-corrected chi connectivity index (χ3v) is 4.18. The average Bonchev–Trinajstić information content (AvgIpc) is 2.70. The molecule has 1 aliphatic rings. The Morgan fingerprint density at radius 3 is 2.74 bits per heavy atom. The number of nitrogens with zero attached hydrogens (tertiary/aromatic N) is 1. The number of aldehydes is 1. The van der Waals surface area contributed by atoms with Crippen LogP contribution in [0.3, 0.4) is 0 Å². The third kappa shape index (κ3) is 3.99. The Morgan fingerprint density at radius 1 is 1.22 bits per heavy atom. The van der Waals surface area contributed by atoms with Crippen LogP contribution in [-0.2, 0) is 4.79 Å². The number of carbonyl (C=O) groups is 3. The first-order valence-corrected chi connectivity index (χ1v) is 8.27. The van der Waals surface area contributed by atoms with E-state index in [0.29, 0.717) is 30.9 Å². The number of anilines is 1. The van der Waals surface area contributed by atoms with E-state index in [-0.39, 0.29) is 29.0 Å². The van der Waals surface area contributed by atoms with E-state index in [9.17, 15) is 24.4 Å². The second-order valence-electron chi connectivity index (χ2n) is 5.88. The van der Waals surface area contributed by atoms with Gasteiger partial charge in [-0.25, -0.2) is 0 Å². The summed E-state index contributed by atoms with van der Waals surface area (Å²) in [5.41, 5.74) is 0.776. The number of carbonyl (C=O) groups excluding carboxylic acids is 3. The quantitative estimate of drug-likeness (QED) is 0.477. The van der Waals surface area contributed by atoms with Gasteiger partial charge in [-0.05, 0) is 29.7 Å². The summed E-state index contributed by atoms with van der Waals surface area (Å²) in [6.07, 6.45) is 0.432. The molecule has 8 nitrogen and oxygen atoms in total. The van der Waals surface area contributed by atoms with Crippen LogP contribution in [0.4, 0.5) is 5.69 Å². The first-order chi connectivity index (χ1) is 13.0. The molecule has 3 rings (SSSR count). The van der Waals surface area contributed by atoms with E-state index < -0.39 is 13.0 Å². The predicted octanol–water partition coefficient (Wildman–Crippen LogP) is -0.666. The van der Waals surface area contributed by atoms with Crippen molar-refractivity contribution in [2.24, 2.45) is 0 Å². The molecule has 2 aromatic carbocycles. The number of para-hydroxylation sites is 2. The molecule has 0 saturated carbocycles. The lowest BCUT2D eigenvalue weighted by atomic mass is 9.77. The molecule has 138 valence electrons. The second-order valence-corrected chi connectivity index (χ2v) is 5.88. The fraction of sp³-hybridized carbons (Fsp3) is 0.167. The molecule has 0 aliphatic carbocycles. The van der Waals surface area contributed by atoms with Gasteiger partial charge in [0.2, 0.25) is 5.91 Å². The molecule has 2 aromatic rings. The highest BCUT2D eigenvalue weighted by molar-refractivity contribution is 6.60. The zero-order valence-corrected chi connectivity index (χ0v) is 14.3. The third-order valence-electron chi connectivity index (χ3n) is 4.18. The molecule has 2 amide bonds. The van der Waals surface area contributed by atoms with Crippen molar-refractivity contribution in [3.63, 3.8) is 0 Å². The SMILES string of the molecule is O=Cc1cc(C(=O)NCC(=O)N2CCOc3ccccc32)ccc1B(O)O. The Hall–Kier alpha value is -3.17. The van der Waals surface area contributed by atoms with Gasteiger partial charge in [0.15, 0.2) is 0 Å². The Bertz CT molecular complexity index is 886. The van der Waals surface area contributed by atoms with E-state index >= 15 is 0 Å². The number of fused-ring (bicyclic) bond motifs is 1. The highest BCUT2D eigenvalue weighted by Crippen LogP contribution is 2.30. The van der Waals surface area contributed by atoms with E-state index in [1.165, 1.54) is 18.2 Å². The maximum absolute atomic E-state index is 12.5. The van der Waals surface area contributed by atoms with Crippen LogP contribution in [-0.4, -0.2) is 55.0 Å². The summed E-state index contributed by atoms with van der Waals surface area (Å²) in [5, 5.41) is 20.9. The minimum atomic E-state index is -1.81. The van der Waals surface area contributed by atoms with Crippen molar-refractivity contribution in [1.82, 2.24) is 5.32 Å². The highest BCUT2D eigenvalue weighted by atomic mass is 16.5. The summed E-state index contributed by atoms with van der Waals surface area (Å²) < 4.78 is 5.50. The maximum atomic E-state index is 12.5. The number of amides is 2. The average molecular weight is 368 g/mol. The van der Waals surface area contributed by atoms with Gasteiger partial charge in [-0.2, -0.15) is 0 Å². The molecule has 0 aromatic heterocycles.